The monoisotopic (exact) mass is 535 g/mol. The van der Waals surface area contributed by atoms with Gasteiger partial charge in [0, 0.05) is 22.5 Å². The highest BCUT2D eigenvalue weighted by Gasteiger charge is 2.68. The summed E-state index contributed by atoms with van der Waals surface area (Å²) in [5.74, 6) is -1.53. The maximum Gasteiger partial charge on any atom is 0.308 e. The van der Waals surface area contributed by atoms with Gasteiger partial charge in [-0.3, -0.25) is 19.2 Å². The number of ketones is 2. The zero-order valence-electron chi connectivity index (χ0n) is 23.7. The quantitative estimate of drug-likeness (QED) is 0.492. The van der Waals surface area contributed by atoms with Crippen LogP contribution >= 0.6 is 0 Å². The Labute approximate surface area is 230 Å². The van der Waals surface area contributed by atoms with Crippen molar-refractivity contribution in [3.63, 3.8) is 0 Å². The number of allylic oxidation sites excluding steroid dienone is 3. The van der Waals surface area contributed by atoms with E-state index in [2.05, 4.69) is 0 Å². The summed E-state index contributed by atoms with van der Waals surface area (Å²) in [4.78, 5) is 47.9. The standard InChI is InChI=1S/C32H41NO6/c1-18(2)30(37)38-17-28(36)32-24(15-26(34)25-13-19(3)27(35)16-31(25,32)4)23-14-20-9-8-12-22(20)29(23)33(39-32)21-10-6-5-7-11-21/h13,15,18-19,21,27,35H,5-12,14,16-17H2,1-4H3/t19-,27+,31+,32-/m1/s1. The zero-order chi connectivity index (χ0) is 27.7. The number of aliphatic hydroxyl groups is 1. The van der Waals surface area contributed by atoms with Crippen LogP contribution in [0.25, 0.3) is 0 Å². The average molecular weight is 536 g/mol. The van der Waals surface area contributed by atoms with E-state index in [0.29, 0.717) is 17.6 Å². The summed E-state index contributed by atoms with van der Waals surface area (Å²) < 4.78 is 5.52. The van der Waals surface area contributed by atoms with Gasteiger partial charge in [0.2, 0.25) is 5.78 Å². The Balaban J connectivity index is 1.55. The molecule has 0 aromatic heterocycles. The number of nitrogens with zero attached hydrogens (tertiary/aromatic N) is 1. The van der Waals surface area contributed by atoms with E-state index in [-0.39, 0.29) is 35.9 Å². The van der Waals surface area contributed by atoms with Gasteiger partial charge in [-0.15, -0.1) is 0 Å². The van der Waals surface area contributed by atoms with E-state index >= 15 is 0 Å². The number of Topliss-reactive ketones (excluding diaryl/α,β-unsaturated/α-hetero) is 1. The van der Waals surface area contributed by atoms with Crippen molar-refractivity contribution in [1.82, 2.24) is 5.06 Å². The molecule has 5 aliphatic carbocycles. The maximum absolute atomic E-state index is 14.6. The molecule has 0 bridgehead atoms. The smallest absolute Gasteiger partial charge is 0.308 e. The Morgan fingerprint density at radius 3 is 2.59 bits per heavy atom. The molecule has 0 spiro atoms. The molecular formula is C32H41NO6. The predicted octanol–water partition coefficient (Wildman–Crippen LogP) is 5.05. The number of esters is 1. The first-order chi connectivity index (χ1) is 18.6. The Hall–Kier alpha value is -2.51. The van der Waals surface area contributed by atoms with Gasteiger partial charge < -0.3 is 9.84 Å². The third kappa shape index (κ3) is 3.86. The molecule has 1 saturated carbocycles. The highest BCUT2D eigenvalue weighted by molar-refractivity contribution is 6.12. The molecular weight excluding hydrogens is 494 g/mol. The molecule has 0 aromatic rings. The van der Waals surface area contributed by atoms with Crippen molar-refractivity contribution in [2.75, 3.05) is 6.61 Å². The fourth-order valence-electron chi connectivity index (χ4n) is 7.95. The minimum Gasteiger partial charge on any atom is -0.457 e. The van der Waals surface area contributed by atoms with Gasteiger partial charge in [0.05, 0.1) is 23.8 Å². The fourth-order valence-corrected chi connectivity index (χ4v) is 7.95. The molecule has 210 valence electrons. The van der Waals surface area contributed by atoms with E-state index in [1.54, 1.807) is 19.9 Å². The van der Waals surface area contributed by atoms with E-state index in [9.17, 15) is 19.5 Å². The molecule has 0 aromatic carbocycles. The van der Waals surface area contributed by atoms with Crippen molar-refractivity contribution in [3.05, 3.63) is 45.7 Å². The third-order valence-corrected chi connectivity index (χ3v) is 10.1. The Kier molecular flexibility index (Phi) is 6.54. The van der Waals surface area contributed by atoms with Crippen molar-refractivity contribution < 1.29 is 29.1 Å². The normalized spacial score (nSPS) is 34.4. The lowest BCUT2D eigenvalue weighted by Gasteiger charge is -2.58. The molecule has 0 unspecified atom stereocenters. The molecule has 1 heterocycles. The van der Waals surface area contributed by atoms with Crippen LogP contribution in [-0.2, 0) is 24.0 Å². The first-order valence-electron chi connectivity index (χ1n) is 14.9. The first-order valence-corrected chi connectivity index (χ1v) is 14.9. The van der Waals surface area contributed by atoms with Gasteiger partial charge in [-0.05, 0) is 62.2 Å². The summed E-state index contributed by atoms with van der Waals surface area (Å²) in [6, 6.07) is 0.127. The lowest BCUT2D eigenvalue weighted by Crippen LogP contribution is -2.67. The van der Waals surface area contributed by atoms with Crippen LogP contribution in [-0.4, -0.2) is 52.1 Å². The average Bonchev–Trinajstić information content (AvgIpc) is 3.51. The summed E-state index contributed by atoms with van der Waals surface area (Å²) in [5.41, 5.74) is 3.23. The third-order valence-electron chi connectivity index (χ3n) is 10.1. The number of fused-ring (bicyclic) bond motifs is 5. The van der Waals surface area contributed by atoms with Gasteiger partial charge in [-0.1, -0.05) is 58.6 Å². The predicted molar refractivity (Wildman–Crippen MR) is 145 cm³/mol. The van der Waals surface area contributed by atoms with Crippen LogP contribution in [0, 0.1) is 17.3 Å². The fraction of sp³-hybridized carbons (Fsp3) is 0.656. The van der Waals surface area contributed by atoms with Gasteiger partial charge >= 0.3 is 5.97 Å². The van der Waals surface area contributed by atoms with E-state index in [4.69, 9.17) is 9.57 Å². The second-order valence-electron chi connectivity index (χ2n) is 13.0. The summed E-state index contributed by atoms with van der Waals surface area (Å²) >= 11 is 0. The summed E-state index contributed by atoms with van der Waals surface area (Å²) in [6.45, 7) is 6.82. The number of hydrogen-bond acceptors (Lipinski definition) is 7. The van der Waals surface area contributed by atoms with Crippen LogP contribution in [0.3, 0.4) is 0 Å². The first kappa shape index (κ1) is 26.7. The van der Waals surface area contributed by atoms with Crippen LogP contribution in [0.1, 0.15) is 91.9 Å². The zero-order valence-corrected chi connectivity index (χ0v) is 23.7. The molecule has 4 atom stereocenters. The van der Waals surface area contributed by atoms with Crippen LogP contribution in [0.4, 0.5) is 0 Å². The van der Waals surface area contributed by atoms with Gasteiger partial charge in [-0.2, -0.15) is 0 Å². The highest BCUT2D eigenvalue weighted by Crippen LogP contribution is 2.62. The lowest BCUT2D eigenvalue weighted by molar-refractivity contribution is -0.267. The number of ether oxygens (including phenoxy) is 1. The van der Waals surface area contributed by atoms with Crippen molar-refractivity contribution in [1.29, 1.82) is 0 Å². The van der Waals surface area contributed by atoms with Crippen LogP contribution in [0.2, 0.25) is 0 Å². The molecule has 0 amide bonds. The number of hydroxylamine groups is 2. The van der Waals surface area contributed by atoms with E-state index < -0.39 is 29.7 Å². The van der Waals surface area contributed by atoms with Crippen molar-refractivity contribution in [2.45, 2.75) is 110 Å². The van der Waals surface area contributed by atoms with Crippen molar-refractivity contribution in [3.8, 4) is 0 Å². The molecule has 0 radical (unpaired) electrons. The van der Waals surface area contributed by atoms with E-state index in [1.165, 1.54) is 17.6 Å². The van der Waals surface area contributed by atoms with Crippen LogP contribution < -0.4 is 0 Å². The second-order valence-corrected chi connectivity index (χ2v) is 13.0. The van der Waals surface area contributed by atoms with Gasteiger partial charge in [0.15, 0.2) is 18.0 Å². The van der Waals surface area contributed by atoms with Crippen LogP contribution in [0.15, 0.2) is 45.7 Å². The lowest BCUT2D eigenvalue weighted by atomic mass is 9.52. The largest absolute Gasteiger partial charge is 0.457 e. The number of rotatable bonds is 5. The van der Waals surface area contributed by atoms with E-state index in [0.717, 1.165) is 56.2 Å². The summed E-state index contributed by atoms with van der Waals surface area (Å²) in [5, 5.41) is 13.2. The SMILES string of the molecule is CC(C)C(=O)OCC(=O)[C@]12ON(C3CCCCC3)C3=C(CC4=C3CCC4)C1=CC(=O)C1=C[C@@H](C)[C@@H](O)C[C@@]12C. The maximum atomic E-state index is 14.6. The summed E-state index contributed by atoms with van der Waals surface area (Å²) in [7, 11) is 0. The molecule has 7 heteroatoms. The molecule has 1 fully saturated rings. The molecule has 39 heavy (non-hydrogen) atoms. The highest BCUT2D eigenvalue weighted by atomic mass is 16.7. The minimum absolute atomic E-state index is 0.123. The molecule has 7 nitrogen and oxygen atoms in total. The number of carbonyl (C=O) groups is 3. The summed E-state index contributed by atoms with van der Waals surface area (Å²) in [6.07, 6.45) is 12.1. The topological polar surface area (TPSA) is 93.1 Å². The molecule has 6 aliphatic rings. The molecule has 1 aliphatic heterocycles. The van der Waals surface area contributed by atoms with Crippen LogP contribution in [0.5, 0.6) is 0 Å². The van der Waals surface area contributed by atoms with E-state index in [1.807, 2.05) is 25.0 Å². The van der Waals surface area contributed by atoms with Crippen molar-refractivity contribution >= 4 is 17.5 Å². The number of carbonyl (C=O) groups excluding carboxylic acids is 3. The van der Waals surface area contributed by atoms with Gasteiger partial charge in [0.1, 0.15) is 0 Å². The minimum atomic E-state index is -1.57. The number of aliphatic hydroxyl groups excluding tert-OH is 1. The Morgan fingerprint density at radius 1 is 1.13 bits per heavy atom. The van der Waals surface area contributed by atoms with Gasteiger partial charge in [0.25, 0.3) is 0 Å². The Bertz CT molecular complexity index is 1250. The Morgan fingerprint density at radius 2 is 1.87 bits per heavy atom. The second kappa shape index (κ2) is 9.55. The molecule has 6 rings (SSSR count). The molecule has 1 N–H and O–H groups in total. The number of hydrogen-bond donors (Lipinski definition) is 1. The molecule has 0 saturated heterocycles. The van der Waals surface area contributed by atoms with Crippen molar-refractivity contribution in [2.24, 2.45) is 17.3 Å². The van der Waals surface area contributed by atoms with Gasteiger partial charge in [-0.25, -0.2) is 5.06 Å².